The minimum Gasteiger partial charge on any atom is -0.477 e. The quantitative estimate of drug-likeness (QED) is 0.452. The van der Waals surface area contributed by atoms with Gasteiger partial charge in [0.25, 0.3) is 0 Å². The number of carbonyl (C=O) groups is 1. The van der Waals surface area contributed by atoms with Gasteiger partial charge in [-0.15, -0.1) is 0 Å². The third-order valence-corrected chi connectivity index (χ3v) is 5.25. The number of aliphatic carboxylic acids is 1. The molecule has 0 atom stereocenters. The molecule has 1 aliphatic heterocycles. The van der Waals surface area contributed by atoms with Crippen LogP contribution < -0.4 is 5.73 Å². The molecule has 0 spiro atoms. The van der Waals surface area contributed by atoms with Crippen LogP contribution in [0.5, 0.6) is 0 Å². The lowest BCUT2D eigenvalue weighted by Gasteiger charge is -2.18. The van der Waals surface area contributed by atoms with Crippen LogP contribution in [0.25, 0.3) is 28.1 Å². The molecule has 0 bridgehead atoms. The first-order valence-electron chi connectivity index (χ1n) is 10.3. The van der Waals surface area contributed by atoms with E-state index in [-0.39, 0.29) is 11.7 Å². The minimum atomic E-state index is -1.22. The number of aliphatic imine (C=N–C) groups is 1. The Labute approximate surface area is 185 Å². The SMILES string of the molecule is Cn1cc(-c2cccc(-c3ncc(C(C=NC4CCOCC4)=C(N)C(=O)O)cn3)c2)cn1. The van der Waals surface area contributed by atoms with E-state index in [1.165, 1.54) is 6.21 Å². The first-order chi connectivity index (χ1) is 15.5. The summed E-state index contributed by atoms with van der Waals surface area (Å²) in [6, 6.07) is 7.92. The molecule has 3 heterocycles. The highest BCUT2D eigenvalue weighted by Crippen LogP contribution is 2.25. The summed E-state index contributed by atoms with van der Waals surface area (Å²) in [7, 11) is 1.87. The highest BCUT2D eigenvalue weighted by molar-refractivity contribution is 6.17. The van der Waals surface area contributed by atoms with Crippen molar-refractivity contribution in [1.82, 2.24) is 19.7 Å². The molecule has 9 heteroatoms. The van der Waals surface area contributed by atoms with E-state index in [1.54, 1.807) is 23.3 Å². The number of aryl methyl sites for hydroxylation is 1. The van der Waals surface area contributed by atoms with E-state index >= 15 is 0 Å². The monoisotopic (exact) mass is 432 g/mol. The van der Waals surface area contributed by atoms with Gasteiger partial charge in [-0.3, -0.25) is 9.67 Å². The van der Waals surface area contributed by atoms with Gasteiger partial charge in [-0.1, -0.05) is 18.2 Å². The molecule has 3 aromatic rings. The Balaban J connectivity index is 1.61. The maximum absolute atomic E-state index is 11.5. The molecule has 3 N–H and O–H groups in total. The zero-order chi connectivity index (χ0) is 22.5. The number of benzene rings is 1. The van der Waals surface area contributed by atoms with Crippen LogP contribution in [0.3, 0.4) is 0 Å². The zero-order valence-corrected chi connectivity index (χ0v) is 17.7. The molecular formula is C23H24N6O3. The summed E-state index contributed by atoms with van der Waals surface area (Å²) in [5.41, 5.74) is 9.17. The number of rotatable bonds is 6. The number of hydrogen-bond donors (Lipinski definition) is 2. The Bertz CT molecular complexity index is 1160. The van der Waals surface area contributed by atoms with Crippen LogP contribution in [0, 0.1) is 0 Å². The summed E-state index contributed by atoms with van der Waals surface area (Å²) in [5, 5.41) is 13.6. The topological polar surface area (TPSA) is 129 Å². The molecule has 2 aromatic heterocycles. The molecule has 1 fully saturated rings. The Morgan fingerprint density at radius 3 is 2.56 bits per heavy atom. The van der Waals surface area contributed by atoms with Crippen molar-refractivity contribution < 1.29 is 14.6 Å². The second-order valence-electron chi connectivity index (χ2n) is 7.53. The molecule has 0 unspecified atom stereocenters. The number of hydrogen-bond acceptors (Lipinski definition) is 7. The molecule has 32 heavy (non-hydrogen) atoms. The molecule has 0 radical (unpaired) electrons. The minimum absolute atomic E-state index is 0.0794. The largest absolute Gasteiger partial charge is 0.477 e. The number of nitrogens with zero attached hydrogens (tertiary/aromatic N) is 5. The molecule has 9 nitrogen and oxygen atoms in total. The third-order valence-electron chi connectivity index (χ3n) is 5.25. The standard InChI is InChI=1S/C23H24N6O3/c1-29-14-18(12-28-29)15-3-2-4-16(9-15)22-26-10-17(11-27-22)20(21(24)23(30)31)13-25-19-5-7-32-8-6-19/h2-4,9-14,19H,5-8,24H2,1H3,(H,30,31). The van der Waals surface area contributed by atoms with Gasteiger partial charge in [-0.05, 0) is 24.5 Å². The number of allylic oxidation sites excluding steroid dienone is 1. The van der Waals surface area contributed by atoms with Gasteiger partial charge < -0.3 is 15.6 Å². The number of ether oxygens (including phenoxy) is 1. The van der Waals surface area contributed by atoms with Gasteiger partial charge in [0.2, 0.25) is 0 Å². The fourth-order valence-electron chi connectivity index (χ4n) is 3.45. The zero-order valence-electron chi connectivity index (χ0n) is 17.7. The molecule has 0 saturated carbocycles. The van der Waals surface area contributed by atoms with E-state index in [0.717, 1.165) is 29.5 Å². The van der Waals surface area contributed by atoms with Crippen LogP contribution in [0.15, 0.2) is 59.7 Å². The van der Waals surface area contributed by atoms with Crippen LogP contribution in [0.4, 0.5) is 0 Å². The van der Waals surface area contributed by atoms with Gasteiger partial charge in [0.1, 0.15) is 5.70 Å². The molecule has 1 aliphatic rings. The van der Waals surface area contributed by atoms with E-state index in [1.807, 2.05) is 37.5 Å². The molecule has 164 valence electrons. The number of carboxylic acid groups (broad SMARTS) is 1. The van der Waals surface area contributed by atoms with Crippen molar-refractivity contribution in [3.05, 3.63) is 60.3 Å². The fourth-order valence-corrected chi connectivity index (χ4v) is 3.45. The second-order valence-corrected chi connectivity index (χ2v) is 7.53. The van der Waals surface area contributed by atoms with Crippen molar-refractivity contribution in [2.45, 2.75) is 18.9 Å². The van der Waals surface area contributed by atoms with E-state index in [9.17, 15) is 9.90 Å². The molecule has 1 saturated heterocycles. The normalized spacial score (nSPS) is 15.7. The van der Waals surface area contributed by atoms with Crippen molar-refractivity contribution in [3.8, 4) is 22.5 Å². The lowest BCUT2D eigenvalue weighted by atomic mass is 10.1. The molecule has 0 aliphatic carbocycles. The van der Waals surface area contributed by atoms with Crippen LogP contribution in [-0.2, 0) is 16.6 Å². The summed E-state index contributed by atoms with van der Waals surface area (Å²) in [5.74, 6) is -0.694. The molecular weight excluding hydrogens is 408 g/mol. The highest BCUT2D eigenvalue weighted by atomic mass is 16.5. The smallest absolute Gasteiger partial charge is 0.352 e. The lowest BCUT2D eigenvalue weighted by molar-refractivity contribution is -0.132. The Hall–Kier alpha value is -3.85. The van der Waals surface area contributed by atoms with Crippen LogP contribution in [0.2, 0.25) is 0 Å². The fraction of sp³-hybridized carbons (Fsp3) is 0.261. The Morgan fingerprint density at radius 1 is 1.19 bits per heavy atom. The Kier molecular flexibility index (Phi) is 6.37. The highest BCUT2D eigenvalue weighted by Gasteiger charge is 2.16. The van der Waals surface area contributed by atoms with Crippen LogP contribution in [0.1, 0.15) is 18.4 Å². The molecule has 1 aromatic carbocycles. The average molecular weight is 432 g/mol. The summed E-state index contributed by atoms with van der Waals surface area (Å²) in [6.45, 7) is 1.29. The van der Waals surface area contributed by atoms with E-state index < -0.39 is 5.97 Å². The summed E-state index contributed by atoms with van der Waals surface area (Å²) < 4.78 is 7.09. The lowest BCUT2D eigenvalue weighted by Crippen LogP contribution is -2.19. The second kappa shape index (κ2) is 9.52. The first kappa shape index (κ1) is 21.4. The third kappa shape index (κ3) is 4.89. The van der Waals surface area contributed by atoms with Gasteiger partial charge >= 0.3 is 5.97 Å². The maximum Gasteiger partial charge on any atom is 0.352 e. The van der Waals surface area contributed by atoms with Crippen molar-refractivity contribution >= 4 is 17.8 Å². The van der Waals surface area contributed by atoms with Crippen molar-refractivity contribution in [3.63, 3.8) is 0 Å². The van der Waals surface area contributed by atoms with Crippen LogP contribution in [-0.4, -0.2) is 56.3 Å². The van der Waals surface area contributed by atoms with Gasteiger partial charge in [-0.25, -0.2) is 14.8 Å². The summed E-state index contributed by atoms with van der Waals surface area (Å²) >= 11 is 0. The first-order valence-corrected chi connectivity index (χ1v) is 10.3. The van der Waals surface area contributed by atoms with Crippen molar-refractivity contribution in [2.75, 3.05) is 13.2 Å². The van der Waals surface area contributed by atoms with E-state index in [0.29, 0.717) is 30.2 Å². The predicted octanol–water partition coefficient (Wildman–Crippen LogP) is 2.55. The maximum atomic E-state index is 11.5. The van der Waals surface area contributed by atoms with Crippen molar-refractivity contribution in [1.29, 1.82) is 0 Å². The number of carboxylic acids is 1. The van der Waals surface area contributed by atoms with Crippen molar-refractivity contribution in [2.24, 2.45) is 17.8 Å². The van der Waals surface area contributed by atoms with Gasteiger partial charge in [-0.2, -0.15) is 5.10 Å². The van der Waals surface area contributed by atoms with E-state index in [4.69, 9.17) is 10.5 Å². The van der Waals surface area contributed by atoms with Gasteiger partial charge in [0.15, 0.2) is 5.82 Å². The number of nitrogens with two attached hydrogens (primary N) is 1. The van der Waals surface area contributed by atoms with Crippen LogP contribution >= 0.6 is 0 Å². The predicted molar refractivity (Wildman–Crippen MR) is 121 cm³/mol. The summed E-state index contributed by atoms with van der Waals surface area (Å²) in [4.78, 5) is 24.9. The van der Waals surface area contributed by atoms with E-state index in [2.05, 4.69) is 20.1 Å². The Morgan fingerprint density at radius 2 is 1.91 bits per heavy atom. The average Bonchev–Trinajstić information content (AvgIpc) is 3.26. The van der Waals surface area contributed by atoms with Gasteiger partial charge in [0, 0.05) is 67.3 Å². The number of aromatic nitrogens is 4. The van der Waals surface area contributed by atoms with Gasteiger partial charge in [0.05, 0.1) is 12.2 Å². The molecule has 4 rings (SSSR count). The molecule has 0 amide bonds. The summed E-state index contributed by atoms with van der Waals surface area (Å²) in [6.07, 6.45) is 9.97.